The zero-order valence-electron chi connectivity index (χ0n) is 11.3. The number of rotatable bonds is 4. The molecule has 3 aromatic rings. The van der Waals surface area contributed by atoms with Gasteiger partial charge in [-0.25, -0.2) is 0 Å². The predicted molar refractivity (Wildman–Crippen MR) is 71.2 cm³/mol. The highest BCUT2D eigenvalue weighted by molar-refractivity contribution is 5.72. The van der Waals surface area contributed by atoms with Gasteiger partial charge in [0.05, 0.1) is 0 Å². The number of carboxylic acids is 1. The summed E-state index contributed by atoms with van der Waals surface area (Å²) in [6.45, 7) is 2.20. The number of carbonyl (C=O) groups is 1. The van der Waals surface area contributed by atoms with Gasteiger partial charge in [-0.1, -0.05) is 4.68 Å². The first-order chi connectivity index (χ1) is 10.1. The molecule has 0 fully saturated rings. The second-order valence-corrected chi connectivity index (χ2v) is 4.54. The molecular weight excluding hydrogens is 272 g/mol. The van der Waals surface area contributed by atoms with Gasteiger partial charge < -0.3 is 5.11 Å². The molecule has 21 heavy (non-hydrogen) atoms. The number of aliphatic carboxylic acids is 1. The first-order valence-corrected chi connectivity index (χ1v) is 6.39. The van der Waals surface area contributed by atoms with Gasteiger partial charge in [-0.3, -0.25) is 14.2 Å². The lowest BCUT2D eigenvalue weighted by Gasteiger charge is -2.01. The van der Waals surface area contributed by atoms with Crippen LogP contribution in [0.5, 0.6) is 0 Å². The Morgan fingerprint density at radius 1 is 1.43 bits per heavy atom. The lowest BCUT2D eigenvalue weighted by molar-refractivity contribution is -0.752. The van der Waals surface area contributed by atoms with Gasteiger partial charge in [0.2, 0.25) is 0 Å². The highest BCUT2D eigenvalue weighted by Gasteiger charge is 2.12. The van der Waals surface area contributed by atoms with E-state index in [1.807, 2.05) is 17.4 Å². The number of carboxylic acid groups (broad SMARTS) is 1. The Balaban J connectivity index is 1.94. The third-order valence-corrected chi connectivity index (χ3v) is 3.10. The molecule has 0 radical (unpaired) electrons. The van der Waals surface area contributed by atoms with Crippen LogP contribution in [0.15, 0.2) is 30.9 Å². The van der Waals surface area contributed by atoms with Gasteiger partial charge >= 0.3 is 5.97 Å². The fourth-order valence-corrected chi connectivity index (χ4v) is 2.01. The van der Waals surface area contributed by atoms with Crippen molar-refractivity contribution in [2.75, 3.05) is 0 Å². The maximum absolute atomic E-state index is 10.5. The summed E-state index contributed by atoms with van der Waals surface area (Å²) in [5.74, 6) is -0.0622. The average molecular weight is 285 g/mol. The van der Waals surface area contributed by atoms with Crippen molar-refractivity contribution < 1.29 is 14.6 Å². The maximum atomic E-state index is 10.5. The second-order valence-electron chi connectivity index (χ2n) is 4.54. The Morgan fingerprint density at radius 2 is 2.29 bits per heavy atom. The lowest BCUT2D eigenvalue weighted by Crippen LogP contribution is -2.38. The van der Waals surface area contributed by atoms with Gasteiger partial charge in [0, 0.05) is 24.0 Å². The lowest BCUT2D eigenvalue weighted by atomic mass is 10.2. The minimum atomic E-state index is -0.848. The van der Waals surface area contributed by atoms with E-state index in [0.29, 0.717) is 17.9 Å². The SMILES string of the molecule is Cc1nnc2c(-c3cc[n+](CCC(=O)O)nc3)nccn12. The van der Waals surface area contributed by atoms with Crippen LogP contribution in [0.2, 0.25) is 0 Å². The standard InChI is InChI=1S/C13H12N6O2/c1-9-16-17-13-12(14-4-7-19(9)13)10-2-5-18(15-8-10)6-3-11(20)21/h2,4-5,7-8H,3,6H2,1H3/p+1. The van der Waals surface area contributed by atoms with Crippen molar-refractivity contribution in [2.45, 2.75) is 19.9 Å². The fourth-order valence-electron chi connectivity index (χ4n) is 2.01. The van der Waals surface area contributed by atoms with Crippen molar-refractivity contribution in [3.8, 4) is 11.3 Å². The molecule has 0 saturated carbocycles. The van der Waals surface area contributed by atoms with Crippen LogP contribution in [-0.2, 0) is 11.3 Å². The van der Waals surface area contributed by atoms with E-state index in [1.54, 1.807) is 29.5 Å². The first-order valence-electron chi connectivity index (χ1n) is 6.39. The molecule has 3 heterocycles. The topological polar surface area (TPSA) is 97.2 Å². The predicted octanol–water partition coefficient (Wildman–Crippen LogP) is 0.257. The Labute approximate surface area is 119 Å². The van der Waals surface area contributed by atoms with Crippen LogP contribution in [0.25, 0.3) is 16.9 Å². The van der Waals surface area contributed by atoms with E-state index in [0.717, 1.165) is 11.4 Å². The Morgan fingerprint density at radius 3 is 3.00 bits per heavy atom. The first kappa shape index (κ1) is 13.1. The van der Waals surface area contributed by atoms with Crippen LogP contribution in [0.4, 0.5) is 0 Å². The highest BCUT2D eigenvalue weighted by atomic mass is 16.4. The Hall–Kier alpha value is -2.90. The molecular formula is C13H13N6O2+. The van der Waals surface area contributed by atoms with E-state index in [-0.39, 0.29) is 6.42 Å². The van der Waals surface area contributed by atoms with Crippen LogP contribution in [0.1, 0.15) is 12.2 Å². The van der Waals surface area contributed by atoms with E-state index in [1.165, 1.54) is 0 Å². The van der Waals surface area contributed by atoms with Gasteiger partial charge in [-0.05, 0) is 12.0 Å². The number of fused-ring (bicyclic) bond motifs is 1. The monoisotopic (exact) mass is 285 g/mol. The number of hydrogen-bond donors (Lipinski definition) is 1. The van der Waals surface area contributed by atoms with Gasteiger partial charge in [0.25, 0.3) is 0 Å². The molecule has 3 rings (SSSR count). The summed E-state index contributed by atoms with van der Waals surface area (Å²) in [7, 11) is 0. The smallest absolute Gasteiger partial charge is 0.309 e. The van der Waals surface area contributed by atoms with Crippen molar-refractivity contribution in [3.05, 3.63) is 36.7 Å². The number of nitrogens with zero attached hydrogens (tertiary/aromatic N) is 6. The van der Waals surface area contributed by atoms with E-state index >= 15 is 0 Å². The zero-order chi connectivity index (χ0) is 14.8. The van der Waals surface area contributed by atoms with Crippen molar-refractivity contribution in [1.29, 1.82) is 0 Å². The van der Waals surface area contributed by atoms with Crippen molar-refractivity contribution >= 4 is 11.6 Å². The number of aromatic nitrogens is 6. The largest absolute Gasteiger partial charge is 0.481 e. The van der Waals surface area contributed by atoms with Gasteiger partial charge in [0.1, 0.15) is 24.1 Å². The maximum Gasteiger partial charge on any atom is 0.309 e. The molecule has 0 spiro atoms. The minimum absolute atomic E-state index is 0.0359. The summed E-state index contributed by atoms with van der Waals surface area (Å²) in [5, 5.41) is 21.0. The molecule has 0 bridgehead atoms. The molecule has 1 N–H and O–H groups in total. The summed E-state index contributed by atoms with van der Waals surface area (Å²) in [6, 6.07) is 1.83. The number of aryl methyl sites for hydroxylation is 2. The van der Waals surface area contributed by atoms with Gasteiger partial charge in [-0.2, -0.15) is 0 Å². The summed E-state index contributed by atoms with van der Waals surface area (Å²) in [5.41, 5.74) is 2.16. The number of hydrogen-bond acceptors (Lipinski definition) is 5. The van der Waals surface area contributed by atoms with E-state index in [9.17, 15) is 4.79 Å². The zero-order valence-corrected chi connectivity index (χ0v) is 11.3. The fraction of sp³-hybridized carbons (Fsp3) is 0.231. The minimum Gasteiger partial charge on any atom is -0.481 e. The highest BCUT2D eigenvalue weighted by Crippen LogP contribution is 2.19. The van der Waals surface area contributed by atoms with Crippen LogP contribution in [0, 0.1) is 6.92 Å². The third-order valence-electron chi connectivity index (χ3n) is 3.10. The van der Waals surface area contributed by atoms with Crippen LogP contribution in [-0.4, -0.2) is 35.8 Å². The molecule has 0 saturated heterocycles. The molecule has 3 aromatic heterocycles. The molecule has 0 amide bonds. The second kappa shape index (κ2) is 5.23. The third kappa shape index (κ3) is 2.55. The molecule has 0 aliphatic carbocycles. The molecule has 106 valence electrons. The molecule has 0 atom stereocenters. The van der Waals surface area contributed by atoms with Crippen LogP contribution >= 0.6 is 0 Å². The van der Waals surface area contributed by atoms with Crippen LogP contribution < -0.4 is 4.68 Å². The van der Waals surface area contributed by atoms with Crippen LogP contribution in [0.3, 0.4) is 0 Å². The van der Waals surface area contributed by atoms with E-state index < -0.39 is 5.97 Å². The average Bonchev–Trinajstić information content (AvgIpc) is 2.87. The van der Waals surface area contributed by atoms with Gasteiger partial charge in [0.15, 0.2) is 18.4 Å². The summed E-state index contributed by atoms with van der Waals surface area (Å²) in [6.07, 6.45) is 6.90. The van der Waals surface area contributed by atoms with E-state index in [2.05, 4.69) is 20.3 Å². The van der Waals surface area contributed by atoms with Crippen molar-refractivity contribution in [2.24, 2.45) is 0 Å². The molecule has 0 unspecified atom stereocenters. The summed E-state index contributed by atoms with van der Waals surface area (Å²) in [4.78, 5) is 14.9. The normalized spacial score (nSPS) is 10.9. The molecule has 8 nitrogen and oxygen atoms in total. The Bertz CT molecular complexity index is 796. The van der Waals surface area contributed by atoms with Gasteiger partial charge in [-0.15, -0.1) is 10.2 Å². The summed E-state index contributed by atoms with van der Waals surface area (Å²) < 4.78 is 3.43. The quantitative estimate of drug-likeness (QED) is 0.690. The van der Waals surface area contributed by atoms with Crippen molar-refractivity contribution in [1.82, 2.24) is 24.7 Å². The summed E-state index contributed by atoms with van der Waals surface area (Å²) >= 11 is 0. The molecule has 0 aliphatic rings. The Kier molecular flexibility index (Phi) is 3.27. The van der Waals surface area contributed by atoms with E-state index in [4.69, 9.17) is 5.11 Å². The molecule has 8 heteroatoms. The molecule has 0 aliphatic heterocycles. The molecule has 0 aromatic carbocycles. The van der Waals surface area contributed by atoms with Crippen molar-refractivity contribution in [3.63, 3.8) is 0 Å².